The molecule has 0 aromatic rings. The molecule has 0 atom stereocenters. The molecule has 0 amide bonds. The molecule has 1 heteroatoms. The predicted molar refractivity (Wildman–Crippen MR) is 81.7 cm³/mol. The van der Waals surface area contributed by atoms with E-state index in [1.54, 1.807) is 0 Å². The lowest BCUT2D eigenvalue weighted by molar-refractivity contribution is 0.218. The maximum absolute atomic E-state index is 5.46. The van der Waals surface area contributed by atoms with Crippen molar-refractivity contribution in [3.05, 3.63) is 36.6 Å². The second kappa shape index (κ2) is 12.5. The Morgan fingerprint density at radius 2 is 1.50 bits per heavy atom. The Balaban J connectivity index is 3.12. The smallest absolute Gasteiger partial charge is 0.111 e. The van der Waals surface area contributed by atoms with Crippen molar-refractivity contribution >= 4 is 0 Å². The number of allylic oxidation sites excluding steroid dienone is 3. The number of hydrogen-bond donors (Lipinski definition) is 0. The molecule has 0 aromatic carbocycles. The van der Waals surface area contributed by atoms with Crippen LogP contribution in [0.2, 0.25) is 0 Å². The molecule has 0 aromatic heterocycles. The minimum absolute atomic E-state index is 0.775. The van der Waals surface area contributed by atoms with E-state index in [9.17, 15) is 0 Å². The van der Waals surface area contributed by atoms with Crippen molar-refractivity contribution in [1.82, 2.24) is 0 Å². The summed E-state index contributed by atoms with van der Waals surface area (Å²) in [7, 11) is 0. The number of hydrogen-bond acceptors (Lipinski definition) is 1. The van der Waals surface area contributed by atoms with Crippen molar-refractivity contribution < 1.29 is 4.74 Å². The lowest BCUT2D eigenvalue weighted by Gasteiger charge is -2.05. The van der Waals surface area contributed by atoms with Crippen molar-refractivity contribution in [2.24, 2.45) is 0 Å². The molecule has 0 bridgehead atoms. The van der Waals surface area contributed by atoms with Gasteiger partial charge in [0.2, 0.25) is 0 Å². The van der Waals surface area contributed by atoms with Crippen LogP contribution in [-0.2, 0) is 4.74 Å². The van der Waals surface area contributed by atoms with Gasteiger partial charge in [-0.3, -0.25) is 0 Å². The minimum Gasteiger partial charge on any atom is -0.494 e. The highest BCUT2D eigenvalue weighted by Gasteiger charge is 1.94. The SMILES string of the molecule is C=C(C)CCCCCCCCCOC(=C)C=CC. The molecule has 0 saturated carbocycles. The van der Waals surface area contributed by atoms with Gasteiger partial charge in [-0.25, -0.2) is 0 Å². The number of rotatable bonds is 12. The van der Waals surface area contributed by atoms with E-state index in [1.165, 1.54) is 50.5 Å². The van der Waals surface area contributed by atoms with Gasteiger partial charge in [0.05, 0.1) is 6.61 Å². The van der Waals surface area contributed by atoms with Crippen LogP contribution in [-0.4, -0.2) is 6.61 Å². The molecule has 0 aliphatic heterocycles. The van der Waals surface area contributed by atoms with Crippen LogP contribution in [0.25, 0.3) is 0 Å². The molecule has 0 heterocycles. The second-order valence-electron chi connectivity index (χ2n) is 5.00. The van der Waals surface area contributed by atoms with Gasteiger partial charge in [0.1, 0.15) is 5.76 Å². The van der Waals surface area contributed by atoms with Gasteiger partial charge in [0.25, 0.3) is 0 Å². The van der Waals surface area contributed by atoms with E-state index in [4.69, 9.17) is 4.74 Å². The van der Waals surface area contributed by atoms with E-state index in [2.05, 4.69) is 20.1 Å². The first-order valence-corrected chi connectivity index (χ1v) is 7.25. The average Bonchev–Trinajstić information content (AvgIpc) is 2.31. The van der Waals surface area contributed by atoms with Crippen LogP contribution < -0.4 is 0 Å². The van der Waals surface area contributed by atoms with E-state index in [1.807, 2.05) is 19.1 Å². The predicted octanol–water partition coefficient (Wildman–Crippen LogP) is 5.79. The number of unbranched alkanes of at least 4 members (excludes halogenated alkanes) is 6. The lowest BCUT2D eigenvalue weighted by atomic mass is 10.1. The van der Waals surface area contributed by atoms with Crippen LogP contribution in [0.15, 0.2) is 36.6 Å². The van der Waals surface area contributed by atoms with Crippen LogP contribution in [0.4, 0.5) is 0 Å². The third kappa shape index (κ3) is 13.1. The van der Waals surface area contributed by atoms with Crippen LogP contribution in [0.5, 0.6) is 0 Å². The van der Waals surface area contributed by atoms with Crippen LogP contribution in [0.3, 0.4) is 0 Å². The fourth-order valence-corrected chi connectivity index (χ4v) is 1.85. The third-order valence-corrected chi connectivity index (χ3v) is 2.89. The first-order valence-electron chi connectivity index (χ1n) is 7.25. The fourth-order valence-electron chi connectivity index (χ4n) is 1.85. The Bertz CT molecular complexity index is 250. The summed E-state index contributed by atoms with van der Waals surface area (Å²) in [6.07, 6.45) is 14.2. The third-order valence-electron chi connectivity index (χ3n) is 2.89. The van der Waals surface area contributed by atoms with Crippen LogP contribution >= 0.6 is 0 Å². The topological polar surface area (TPSA) is 9.23 Å². The van der Waals surface area contributed by atoms with Gasteiger partial charge in [-0.1, -0.05) is 50.3 Å². The Morgan fingerprint density at radius 3 is 2.06 bits per heavy atom. The standard InChI is InChI=1S/C17H30O/c1-5-13-17(4)18-15-12-10-8-6-7-9-11-14-16(2)3/h5,13H,2,4,6-12,14-15H2,1,3H3. The summed E-state index contributed by atoms with van der Waals surface area (Å²) in [6.45, 7) is 12.6. The molecule has 0 aliphatic carbocycles. The van der Waals surface area contributed by atoms with Crippen molar-refractivity contribution in [1.29, 1.82) is 0 Å². The van der Waals surface area contributed by atoms with Gasteiger partial charge < -0.3 is 4.74 Å². The molecule has 0 saturated heterocycles. The monoisotopic (exact) mass is 250 g/mol. The molecular weight excluding hydrogens is 220 g/mol. The van der Waals surface area contributed by atoms with E-state index in [-0.39, 0.29) is 0 Å². The molecule has 0 fully saturated rings. The van der Waals surface area contributed by atoms with E-state index < -0.39 is 0 Å². The average molecular weight is 250 g/mol. The van der Waals surface area contributed by atoms with Gasteiger partial charge in [-0.2, -0.15) is 0 Å². The highest BCUT2D eigenvalue weighted by Crippen LogP contribution is 2.11. The van der Waals surface area contributed by atoms with Gasteiger partial charge >= 0.3 is 0 Å². The number of ether oxygens (including phenoxy) is 1. The van der Waals surface area contributed by atoms with Crippen molar-refractivity contribution in [2.75, 3.05) is 6.61 Å². The van der Waals surface area contributed by atoms with Gasteiger partial charge in [-0.15, -0.1) is 6.58 Å². The van der Waals surface area contributed by atoms with E-state index in [0.717, 1.165) is 18.8 Å². The lowest BCUT2D eigenvalue weighted by Crippen LogP contribution is -1.92. The molecule has 0 rings (SSSR count). The Kier molecular flexibility index (Phi) is 11.8. The summed E-state index contributed by atoms with van der Waals surface area (Å²) in [4.78, 5) is 0. The highest BCUT2D eigenvalue weighted by molar-refractivity contribution is 5.05. The van der Waals surface area contributed by atoms with Gasteiger partial charge in [0.15, 0.2) is 0 Å². The normalized spacial score (nSPS) is 10.8. The van der Waals surface area contributed by atoms with Gasteiger partial charge in [0, 0.05) is 0 Å². The van der Waals surface area contributed by atoms with Crippen molar-refractivity contribution in [3.63, 3.8) is 0 Å². The fraction of sp³-hybridized carbons (Fsp3) is 0.647. The van der Waals surface area contributed by atoms with E-state index in [0.29, 0.717) is 0 Å². The molecule has 0 radical (unpaired) electrons. The second-order valence-corrected chi connectivity index (χ2v) is 5.00. The molecule has 0 unspecified atom stereocenters. The molecule has 0 N–H and O–H groups in total. The molecule has 0 aliphatic rings. The van der Waals surface area contributed by atoms with Crippen molar-refractivity contribution in [3.8, 4) is 0 Å². The Hall–Kier alpha value is -0.980. The van der Waals surface area contributed by atoms with Crippen molar-refractivity contribution in [2.45, 2.75) is 65.2 Å². The maximum Gasteiger partial charge on any atom is 0.111 e. The summed E-state index contributed by atoms with van der Waals surface area (Å²) >= 11 is 0. The molecule has 18 heavy (non-hydrogen) atoms. The quantitative estimate of drug-likeness (QED) is 0.184. The Labute approximate surface area is 114 Å². The zero-order valence-corrected chi connectivity index (χ0v) is 12.3. The first-order chi connectivity index (χ1) is 8.66. The molecule has 0 spiro atoms. The minimum atomic E-state index is 0.775. The summed E-state index contributed by atoms with van der Waals surface area (Å²) < 4.78 is 5.46. The van der Waals surface area contributed by atoms with Gasteiger partial charge in [-0.05, 0) is 39.2 Å². The molecule has 1 nitrogen and oxygen atoms in total. The van der Waals surface area contributed by atoms with Crippen LogP contribution in [0.1, 0.15) is 65.2 Å². The first kappa shape index (κ1) is 17.0. The summed E-state index contributed by atoms with van der Waals surface area (Å²) in [5.74, 6) is 0.775. The zero-order chi connectivity index (χ0) is 13.6. The summed E-state index contributed by atoms with van der Waals surface area (Å²) in [6, 6.07) is 0. The highest BCUT2D eigenvalue weighted by atomic mass is 16.5. The Morgan fingerprint density at radius 1 is 0.944 bits per heavy atom. The zero-order valence-electron chi connectivity index (χ0n) is 12.3. The largest absolute Gasteiger partial charge is 0.494 e. The van der Waals surface area contributed by atoms with E-state index >= 15 is 0 Å². The van der Waals surface area contributed by atoms with Crippen LogP contribution in [0, 0.1) is 0 Å². The summed E-state index contributed by atoms with van der Waals surface area (Å²) in [5, 5.41) is 0. The summed E-state index contributed by atoms with van der Waals surface area (Å²) in [5.41, 5.74) is 1.31. The molecule has 104 valence electrons. The maximum atomic E-state index is 5.46. The molecular formula is C17H30O.